The molecule has 4 heteroatoms. The first-order valence-electron chi connectivity index (χ1n) is 5.88. The van der Waals surface area contributed by atoms with E-state index < -0.39 is 6.04 Å². The lowest BCUT2D eigenvalue weighted by Crippen LogP contribution is -2.16. The maximum absolute atomic E-state index is 13.6. The minimum absolute atomic E-state index is 0.288. The summed E-state index contributed by atoms with van der Waals surface area (Å²) < 4.78 is 27.2. The molecular formula is C15H14BrF2N. The zero-order valence-electron chi connectivity index (χ0n) is 10.7. The molecule has 19 heavy (non-hydrogen) atoms. The van der Waals surface area contributed by atoms with Crippen LogP contribution in [0, 0.1) is 25.5 Å². The quantitative estimate of drug-likeness (QED) is 0.870. The number of benzene rings is 2. The summed E-state index contributed by atoms with van der Waals surface area (Å²) in [5, 5.41) is 0. The maximum Gasteiger partial charge on any atom is 0.137 e. The molecule has 2 rings (SSSR count). The highest BCUT2D eigenvalue weighted by molar-refractivity contribution is 9.10. The highest BCUT2D eigenvalue weighted by atomic mass is 79.9. The van der Waals surface area contributed by atoms with Crippen LogP contribution in [0.15, 0.2) is 34.8 Å². The van der Waals surface area contributed by atoms with Crippen molar-refractivity contribution in [3.05, 3.63) is 68.7 Å². The lowest BCUT2D eigenvalue weighted by molar-refractivity contribution is 0.614. The van der Waals surface area contributed by atoms with Crippen molar-refractivity contribution in [3.8, 4) is 0 Å². The third kappa shape index (κ3) is 2.69. The molecule has 0 aromatic heterocycles. The van der Waals surface area contributed by atoms with E-state index in [0.717, 1.165) is 16.7 Å². The van der Waals surface area contributed by atoms with Gasteiger partial charge >= 0.3 is 0 Å². The van der Waals surface area contributed by atoms with E-state index in [0.29, 0.717) is 10.0 Å². The second kappa shape index (κ2) is 5.39. The Morgan fingerprint density at radius 1 is 1.11 bits per heavy atom. The van der Waals surface area contributed by atoms with Crippen molar-refractivity contribution in [2.75, 3.05) is 0 Å². The molecule has 1 nitrogen and oxygen atoms in total. The third-order valence-corrected chi connectivity index (χ3v) is 4.02. The van der Waals surface area contributed by atoms with Gasteiger partial charge in [-0.3, -0.25) is 0 Å². The Labute approximate surface area is 119 Å². The van der Waals surface area contributed by atoms with Gasteiger partial charge in [-0.05, 0) is 70.2 Å². The molecule has 0 amide bonds. The highest BCUT2D eigenvalue weighted by Gasteiger charge is 2.18. The summed E-state index contributed by atoms with van der Waals surface area (Å²) >= 11 is 3.21. The zero-order valence-corrected chi connectivity index (χ0v) is 12.3. The first-order valence-corrected chi connectivity index (χ1v) is 6.67. The van der Waals surface area contributed by atoms with E-state index in [2.05, 4.69) is 15.9 Å². The molecule has 2 aromatic carbocycles. The summed E-state index contributed by atoms with van der Waals surface area (Å²) in [6.07, 6.45) is 0. The van der Waals surface area contributed by atoms with Crippen LogP contribution in [0.2, 0.25) is 0 Å². The molecular weight excluding hydrogens is 312 g/mol. The van der Waals surface area contributed by atoms with Gasteiger partial charge in [0.2, 0.25) is 0 Å². The smallest absolute Gasteiger partial charge is 0.137 e. The van der Waals surface area contributed by atoms with E-state index >= 15 is 0 Å². The van der Waals surface area contributed by atoms with E-state index in [1.165, 1.54) is 18.2 Å². The van der Waals surface area contributed by atoms with E-state index in [-0.39, 0.29) is 11.6 Å². The van der Waals surface area contributed by atoms with Crippen molar-refractivity contribution in [1.29, 1.82) is 0 Å². The Bertz CT molecular complexity index is 603. The normalized spacial score (nSPS) is 12.5. The van der Waals surface area contributed by atoms with Crippen LogP contribution in [-0.4, -0.2) is 0 Å². The van der Waals surface area contributed by atoms with Crippen LogP contribution in [0.3, 0.4) is 0 Å². The van der Waals surface area contributed by atoms with E-state index in [1.54, 1.807) is 26.0 Å². The minimum atomic E-state index is -0.495. The molecule has 0 heterocycles. The molecule has 2 aromatic rings. The molecule has 0 saturated carbocycles. The van der Waals surface area contributed by atoms with Crippen LogP contribution in [0.5, 0.6) is 0 Å². The Balaban J connectivity index is 2.56. The summed E-state index contributed by atoms with van der Waals surface area (Å²) in [7, 11) is 0. The zero-order chi connectivity index (χ0) is 14.2. The van der Waals surface area contributed by atoms with Gasteiger partial charge in [-0.2, -0.15) is 0 Å². The predicted molar refractivity (Wildman–Crippen MR) is 76.0 cm³/mol. The number of aryl methyl sites for hydroxylation is 2. The average Bonchev–Trinajstić information content (AvgIpc) is 2.31. The topological polar surface area (TPSA) is 26.0 Å². The van der Waals surface area contributed by atoms with E-state index in [1.807, 2.05) is 0 Å². The van der Waals surface area contributed by atoms with Gasteiger partial charge in [-0.15, -0.1) is 0 Å². The van der Waals surface area contributed by atoms with Crippen LogP contribution in [0.25, 0.3) is 0 Å². The van der Waals surface area contributed by atoms with E-state index in [4.69, 9.17) is 5.73 Å². The minimum Gasteiger partial charge on any atom is -0.320 e. The van der Waals surface area contributed by atoms with Crippen molar-refractivity contribution in [3.63, 3.8) is 0 Å². The van der Waals surface area contributed by atoms with Gasteiger partial charge in [0, 0.05) is 0 Å². The second-order valence-corrected chi connectivity index (χ2v) is 5.37. The molecule has 0 radical (unpaired) electrons. The average molecular weight is 326 g/mol. The first kappa shape index (κ1) is 14.2. The molecule has 0 spiro atoms. The highest BCUT2D eigenvalue weighted by Crippen LogP contribution is 2.32. The van der Waals surface area contributed by atoms with Gasteiger partial charge < -0.3 is 5.73 Å². The predicted octanol–water partition coefficient (Wildman–Crippen LogP) is 4.39. The molecule has 1 unspecified atom stereocenters. The monoisotopic (exact) mass is 325 g/mol. The largest absolute Gasteiger partial charge is 0.320 e. The van der Waals surface area contributed by atoms with Gasteiger partial charge in [-0.25, -0.2) is 8.78 Å². The lowest BCUT2D eigenvalue weighted by atomic mass is 9.92. The molecule has 0 saturated heterocycles. The van der Waals surface area contributed by atoms with Crippen LogP contribution in [0.4, 0.5) is 8.78 Å². The number of hydrogen-bond donors (Lipinski definition) is 1. The fraction of sp³-hybridized carbons (Fsp3) is 0.200. The standard InChI is InChI=1S/C15H14BrF2N/c1-8-6-10(17)7-9(2)13(8)15(19)11-4-3-5-12(18)14(11)16/h3-7,15H,19H2,1-2H3. The maximum atomic E-state index is 13.6. The molecule has 0 aliphatic rings. The SMILES string of the molecule is Cc1cc(F)cc(C)c1C(N)c1cccc(F)c1Br. The molecule has 0 bridgehead atoms. The van der Waals surface area contributed by atoms with Crippen molar-refractivity contribution >= 4 is 15.9 Å². The van der Waals surface area contributed by atoms with Crippen molar-refractivity contribution in [2.24, 2.45) is 5.73 Å². The Morgan fingerprint density at radius 2 is 1.68 bits per heavy atom. The molecule has 100 valence electrons. The third-order valence-electron chi connectivity index (χ3n) is 3.19. The Hall–Kier alpha value is -1.26. The van der Waals surface area contributed by atoms with Crippen LogP contribution in [0.1, 0.15) is 28.3 Å². The summed E-state index contributed by atoms with van der Waals surface area (Å²) in [6.45, 7) is 3.61. The fourth-order valence-corrected chi connectivity index (χ4v) is 2.84. The number of halogens is 3. The summed E-state index contributed by atoms with van der Waals surface area (Å²) in [5.74, 6) is -0.644. The van der Waals surface area contributed by atoms with Gasteiger partial charge in [0.25, 0.3) is 0 Å². The Morgan fingerprint density at radius 3 is 2.26 bits per heavy atom. The number of nitrogens with two attached hydrogens (primary N) is 1. The van der Waals surface area contributed by atoms with Gasteiger partial charge in [0.05, 0.1) is 10.5 Å². The van der Waals surface area contributed by atoms with Gasteiger partial charge in [0.1, 0.15) is 11.6 Å². The molecule has 0 aliphatic heterocycles. The fourth-order valence-electron chi connectivity index (χ4n) is 2.33. The molecule has 2 N–H and O–H groups in total. The summed E-state index contributed by atoms with van der Waals surface area (Å²) in [5.41, 5.74) is 9.23. The lowest BCUT2D eigenvalue weighted by Gasteiger charge is -2.19. The number of rotatable bonds is 2. The summed E-state index contributed by atoms with van der Waals surface area (Å²) in [4.78, 5) is 0. The van der Waals surface area contributed by atoms with Crippen molar-refractivity contribution in [2.45, 2.75) is 19.9 Å². The van der Waals surface area contributed by atoms with Gasteiger partial charge in [-0.1, -0.05) is 12.1 Å². The van der Waals surface area contributed by atoms with Crippen LogP contribution in [-0.2, 0) is 0 Å². The Kier molecular flexibility index (Phi) is 4.02. The molecule has 0 aliphatic carbocycles. The van der Waals surface area contributed by atoms with Crippen molar-refractivity contribution < 1.29 is 8.78 Å². The van der Waals surface area contributed by atoms with Crippen molar-refractivity contribution in [1.82, 2.24) is 0 Å². The molecule has 1 atom stereocenters. The van der Waals surface area contributed by atoms with Crippen LogP contribution >= 0.6 is 15.9 Å². The summed E-state index contributed by atoms with van der Waals surface area (Å²) in [6, 6.07) is 7.13. The first-order chi connectivity index (χ1) is 8.91. The van der Waals surface area contributed by atoms with E-state index in [9.17, 15) is 8.78 Å². The number of hydrogen-bond acceptors (Lipinski definition) is 1. The van der Waals surface area contributed by atoms with Crippen LogP contribution < -0.4 is 5.73 Å². The van der Waals surface area contributed by atoms with Gasteiger partial charge in [0.15, 0.2) is 0 Å². The molecule has 0 fully saturated rings. The second-order valence-electron chi connectivity index (χ2n) is 4.57.